The van der Waals surface area contributed by atoms with Crippen LogP contribution in [-0.2, 0) is 6.54 Å². The Balaban J connectivity index is 1.88. The van der Waals surface area contributed by atoms with E-state index in [0.717, 1.165) is 5.69 Å². The Morgan fingerprint density at radius 3 is 2.55 bits per heavy atom. The van der Waals surface area contributed by atoms with Crippen LogP contribution >= 0.6 is 12.2 Å². The predicted molar refractivity (Wildman–Crippen MR) is 84.2 cm³/mol. The zero-order chi connectivity index (χ0) is 15.9. The maximum absolute atomic E-state index is 11.9. The molecule has 2 rings (SSSR count). The van der Waals surface area contributed by atoms with E-state index in [2.05, 4.69) is 15.6 Å². The first-order valence-electron chi connectivity index (χ1n) is 6.30. The smallest absolute Gasteiger partial charge is 0.269 e. The third kappa shape index (κ3) is 4.32. The van der Waals surface area contributed by atoms with E-state index in [1.54, 1.807) is 12.3 Å². The third-order valence-electron chi connectivity index (χ3n) is 2.72. The van der Waals surface area contributed by atoms with Crippen molar-refractivity contribution >= 4 is 28.9 Å². The van der Waals surface area contributed by atoms with Crippen LogP contribution in [0.2, 0.25) is 0 Å². The molecule has 0 atom stereocenters. The fourth-order valence-electron chi connectivity index (χ4n) is 1.63. The summed E-state index contributed by atoms with van der Waals surface area (Å²) in [5.74, 6) is -0.437. The first-order valence-corrected chi connectivity index (χ1v) is 6.70. The normalized spacial score (nSPS) is 9.82. The van der Waals surface area contributed by atoms with Gasteiger partial charge in [0.05, 0.1) is 17.2 Å². The fourth-order valence-corrected chi connectivity index (χ4v) is 1.79. The van der Waals surface area contributed by atoms with Gasteiger partial charge in [0.1, 0.15) is 0 Å². The second-order valence-corrected chi connectivity index (χ2v) is 4.67. The molecule has 0 aliphatic rings. The topological polar surface area (TPSA) is 97.2 Å². The molecule has 2 N–H and O–H groups in total. The Morgan fingerprint density at radius 1 is 1.23 bits per heavy atom. The van der Waals surface area contributed by atoms with Gasteiger partial charge in [-0.3, -0.25) is 25.2 Å². The molecule has 1 aromatic heterocycles. The minimum absolute atomic E-state index is 0.0765. The lowest BCUT2D eigenvalue weighted by molar-refractivity contribution is -0.384. The summed E-state index contributed by atoms with van der Waals surface area (Å²) in [5, 5.41) is 16.1. The molecule has 0 unspecified atom stereocenters. The van der Waals surface area contributed by atoms with E-state index in [1.165, 1.54) is 24.3 Å². The fraction of sp³-hybridized carbons (Fsp3) is 0.0714. The number of carbonyl (C=O) groups is 1. The van der Waals surface area contributed by atoms with Gasteiger partial charge in [0, 0.05) is 23.9 Å². The number of benzene rings is 1. The number of carbonyl (C=O) groups excluding carboxylic acids is 1. The van der Waals surface area contributed by atoms with Gasteiger partial charge in [0.2, 0.25) is 0 Å². The molecular weight excluding hydrogens is 304 g/mol. The van der Waals surface area contributed by atoms with Gasteiger partial charge in [-0.1, -0.05) is 6.07 Å². The molecule has 0 aliphatic heterocycles. The van der Waals surface area contributed by atoms with Gasteiger partial charge in [0.15, 0.2) is 5.11 Å². The highest BCUT2D eigenvalue weighted by Gasteiger charge is 2.10. The highest BCUT2D eigenvalue weighted by molar-refractivity contribution is 7.80. The average Bonchev–Trinajstić information content (AvgIpc) is 2.54. The molecule has 0 fully saturated rings. The lowest BCUT2D eigenvalue weighted by Gasteiger charge is -2.09. The standard InChI is InChI=1S/C14H12N4O3S/c19-13(10-4-6-12(7-5-10)18(20)21)17-14(22)16-9-11-3-1-2-8-15-11/h1-8H,9H2,(H2,16,17,19,22). The van der Waals surface area contributed by atoms with Gasteiger partial charge in [-0.25, -0.2) is 0 Å². The van der Waals surface area contributed by atoms with Gasteiger partial charge in [-0.15, -0.1) is 0 Å². The summed E-state index contributed by atoms with van der Waals surface area (Å²) in [4.78, 5) is 26.1. The second-order valence-electron chi connectivity index (χ2n) is 4.26. The molecule has 1 amide bonds. The van der Waals surface area contributed by atoms with Crippen molar-refractivity contribution < 1.29 is 9.72 Å². The Labute approximate surface area is 131 Å². The van der Waals surface area contributed by atoms with Crippen LogP contribution in [0.15, 0.2) is 48.7 Å². The number of nitro groups is 1. The summed E-state index contributed by atoms with van der Waals surface area (Å²) in [6.45, 7) is 0.389. The van der Waals surface area contributed by atoms with Gasteiger partial charge in [0.25, 0.3) is 11.6 Å². The van der Waals surface area contributed by atoms with Crippen LogP contribution in [0.3, 0.4) is 0 Å². The number of aromatic nitrogens is 1. The molecule has 8 heteroatoms. The molecular formula is C14H12N4O3S. The molecule has 0 bridgehead atoms. The minimum atomic E-state index is -0.527. The number of hydrogen-bond donors (Lipinski definition) is 2. The number of pyridine rings is 1. The Hall–Kier alpha value is -2.87. The van der Waals surface area contributed by atoms with Crippen LogP contribution in [0, 0.1) is 10.1 Å². The van der Waals surface area contributed by atoms with E-state index in [9.17, 15) is 14.9 Å². The summed E-state index contributed by atoms with van der Waals surface area (Å²) in [5.41, 5.74) is 0.995. The van der Waals surface area contributed by atoms with E-state index >= 15 is 0 Å². The summed E-state index contributed by atoms with van der Waals surface area (Å²) in [7, 11) is 0. The van der Waals surface area contributed by atoms with Gasteiger partial charge in [-0.2, -0.15) is 0 Å². The van der Waals surface area contributed by atoms with Crippen molar-refractivity contribution in [1.82, 2.24) is 15.6 Å². The van der Waals surface area contributed by atoms with Crippen molar-refractivity contribution in [1.29, 1.82) is 0 Å². The quantitative estimate of drug-likeness (QED) is 0.507. The number of rotatable bonds is 4. The molecule has 112 valence electrons. The van der Waals surface area contributed by atoms with Crippen molar-refractivity contribution in [2.75, 3.05) is 0 Å². The monoisotopic (exact) mass is 316 g/mol. The zero-order valence-corrected chi connectivity index (χ0v) is 12.2. The molecule has 1 heterocycles. The van der Waals surface area contributed by atoms with E-state index in [0.29, 0.717) is 6.54 Å². The van der Waals surface area contributed by atoms with Crippen LogP contribution in [0.25, 0.3) is 0 Å². The molecule has 0 aliphatic carbocycles. The van der Waals surface area contributed by atoms with Crippen LogP contribution in [0.1, 0.15) is 16.1 Å². The summed E-state index contributed by atoms with van der Waals surface area (Å²) in [6, 6.07) is 10.7. The van der Waals surface area contributed by atoms with Gasteiger partial charge < -0.3 is 5.32 Å². The lowest BCUT2D eigenvalue weighted by Crippen LogP contribution is -2.38. The highest BCUT2D eigenvalue weighted by atomic mass is 32.1. The number of nitrogens with zero attached hydrogens (tertiary/aromatic N) is 2. The molecule has 1 aromatic carbocycles. The summed E-state index contributed by atoms with van der Waals surface area (Å²) in [6.07, 6.45) is 1.66. The third-order valence-corrected chi connectivity index (χ3v) is 2.97. The number of hydrogen-bond acceptors (Lipinski definition) is 5. The number of thiocarbonyl (C=S) groups is 1. The highest BCUT2D eigenvalue weighted by Crippen LogP contribution is 2.11. The Bertz CT molecular complexity index is 689. The molecule has 2 aromatic rings. The SMILES string of the molecule is O=C(NC(=S)NCc1ccccn1)c1ccc([N+](=O)[O-])cc1. The van der Waals surface area contributed by atoms with Crippen molar-refractivity contribution in [3.63, 3.8) is 0 Å². The van der Waals surface area contributed by atoms with Crippen LogP contribution in [0.4, 0.5) is 5.69 Å². The van der Waals surface area contributed by atoms with Crippen LogP contribution in [0.5, 0.6) is 0 Å². The largest absolute Gasteiger partial charge is 0.357 e. The van der Waals surface area contributed by atoms with Crippen LogP contribution in [-0.4, -0.2) is 20.9 Å². The van der Waals surface area contributed by atoms with E-state index in [1.807, 2.05) is 12.1 Å². The summed E-state index contributed by atoms with van der Waals surface area (Å²) >= 11 is 5.02. The van der Waals surface area contributed by atoms with Crippen molar-refractivity contribution in [2.45, 2.75) is 6.54 Å². The number of nitrogens with one attached hydrogen (secondary N) is 2. The van der Waals surface area contributed by atoms with E-state index in [-0.39, 0.29) is 16.4 Å². The van der Waals surface area contributed by atoms with E-state index < -0.39 is 10.8 Å². The average molecular weight is 316 g/mol. The lowest BCUT2D eigenvalue weighted by atomic mass is 10.2. The van der Waals surface area contributed by atoms with Crippen molar-refractivity contribution in [2.24, 2.45) is 0 Å². The van der Waals surface area contributed by atoms with E-state index in [4.69, 9.17) is 12.2 Å². The first kappa shape index (κ1) is 15.5. The molecule has 0 saturated carbocycles. The van der Waals surface area contributed by atoms with Crippen LogP contribution < -0.4 is 10.6 Å². The molecule has 0 radical (unpaired) electrons. The zero-order valence-electron chi connectivity index (χ0n) is 11.4. The molecule has 0 saturated heterocycles. The van der Waals surface area contributed by atoms with Crippen molar-refractivity contribution in [3.05, 3.63) is 70.0 Å². The Morgan fingerprint density at radius 2 is 1.95 bits per heavy atom. The predicted octanol–water partition coefficient (Wildman–Crippen LogP) is 1.79. The second kappa shape index (κ2) is 7.23. The first-order chi connectivity index (χ1) is 10.6. The number of non-ortho nitro benzene ring substituents is 1. The van der Waals surface area contributed by atoms with Gasteiger partial charge in [-0.05, 0) is 36.5 Å². The number of nitro benzene ring substituents is 1. The molecule has 0 spiro atoms. The maximum Gasteiger partial charge on any atom is 0.269 e. The Kier molecular flexibility index (Phi) is 5.10. The minimum Gasteiger partial charge on any atom is -0.357 e. The molecule has 7 nitrogen and oxygen atoms in total. The summed E-state index contributed by atoms with van der Waals surface area (Å²) < 4.78 is 0. The maximum atomic E-state index is 11.9. The molecule has 22 heavy (non-hydrogen) atoms. The van der Waals surface area contributed by atoms with Gasteiger partial charge >= 0.3 is 0 Å². The van der Waals surface area contributed by atoms with Crippen molar-refractivity contribution in [3.8, 4) is 0 Å². The number of amides is 1.